The van der Waals surface area contributed by atoms with Gasteiger partial charge in [0.1, 0.15) is 0 Å². The van der Waals surface area contributed by atoms with Crippen molar-refractivity contribution >= 4 is 21.9 Å². The number of carboxylic acids is 1. The van der Waals surface area contributed by atoms with Gasteiger partial charge in [-0.05, 0) is 43.1 Å². The summed E-state index contributed by atoms with van der Waals surface area (Å²) in [5, 5.41) is 13.5. The Morgan fingerprint density at radius 1 is 1.53 bits per heavy atom. The largest absolute Gasteiger partial charge is 0.480 e. The molecule has 1 atom stereocenters. The predicted octanol–water partition coefficient (Wildman–Crippen LogP) is 2.66. The van der Waals surface area contributed by atoms with Crippen LogP contribution in [-0.2, 0) is 17.9 Å². The van der Waals surface area contributed by atoms with Crippen LogP contribution >= 0.6 is 15.9 Å². The highest BCUT2D eigenvalue weighted by Gasteiger charge is 2.20. The average Bonchev–Trinajstić information content (AvgIpc) is 2.64. The molecule has 6 heteroatoms. The van der Waals surface area contributed by atoms with Gasteiger partial charge in [-0.2, -0.15) is 5.10 Å². The number of hydrogen-bond acceptors (Lipinski definition) is 3. The van der Waals surface area contributed by atoms with Gasteiger partial charge in [-0.15, -0.1) is 0 Å². The maximum atomic E-state index is 11.0. The minimum Gasteiger partial charge on any atom is -0.480 e. The lowest BCUT2D eigenvalue weighted by Gasteiger charge is -2.26. The highest BCUT2D eigenvalue weighted by Crippen LogP contribution is 2.23. The van der Waals surface area contributed by atoms with E-state index in [9.17, 15) is 4.79 Å². The number of hydrogen-bond donors (Lipinski definition) is 1. The Hall–Kier alpha value is -0.880. The molecule has 1 unspecified atom stereocenters. The van der Waals surface area contributed by atoms with Gasteiger partial charge in [0.05, 0.1) is 22.4 Å². The number of carbonyl (C=O) groups is 1. The van der Waals surface area contributed by atoms with Crippen LogP contribution in [0.2, 0.25) is 0 Å². The third-order valence-corrected chi connectivity index (χ3v) is 4.39. The van der Waals surface area contributed by atoms with Crippen molar-refractivity contribution in [2.75, 3.05) is 6.54 Å². The van der Waals surface area contributed by atoms with Crippen molar-refractivity contribution in [3.63, 3.8) is 0 Å². The lowest BCUT2D eigenvalue weighted by molar-refractivity contribution is -0.139. The molecule has 0 aliphatic rings. The minimum absolute atomic E-state index is 0.0510. The van der Waals surface area contributed by atoms with Crippen LogP contribution in [0.5, 0.6) is 0 Å². The fraction of sp³-hybridized carbons (Fsp3) is 0.692. The molecule has 0 amide bonds. The smallest absolute Gasteiger partial charge is 0.317 e. The van der Waals surface area contributed by atoms with E-state index >= 15 is 0 Å². The summed E-state index contributed by atoms with van der Waals surface area (Å²) in [5.74, 6) is -0.796. The van der Waals surface area contributed by atoms with Gasteiger partial charge >= 0.3 is 5.97 Å². The van der Waals surface area contributed by atoms with E-state index in [0.29, 0.717) is 6.54 Å². The van der Waals surface area contributed by atoms with Crippen molar-refractivity contribution < 1.29 is 9.90 Å². The molecule has 1 heterocycles. The number of aromatic nitrogens is 2. The molecular formula is C13H22BrN3O2. The summed E-state index contributed by atoms with van der Waals surface area (Å²) >= 11 is 3.55. The molecule has 0 saturated heterocycles. The third kappa shape index (κ3) is 4.04. The second-order valence-corrected chi connectivity index (χ2v) is 5.51. The first kappa shape index (κ1) is 16.2. The van der Waals surface area contributed by atoms with Crippen LogP contribution in [-0.4, -0.2) is 38.3 Å². The number of rotatable bonds is 7. The molecule has 0 aliphatic heterocycles. The number of nitrogens with zero attached hydrogens (tertiary/aromatic N) is 3. The number of halogens is 1. The third-order valence-electron chi connectivity index (χ3n) is 3.36. The van der Waals surface area contributed by atoms with E-state index in [2.05, 4.69) is 34.9 Å². The fourth-order valence-corrected chi connectivity index (χ4v) is 2.42. The lowest BCUT2D eigenvalue weighted by Crippen LogP contribution is -2.37. The molecule has 1 N–H and O–H groups in total. The Morgan fingerprint density at radius 2 is 2.16 bits per heavy atom. The molecule has 0 fully saturated rings. The van der Waals surface area contributed by atoms with Crippen LogP contribution in [0.25, 0.3) is 0 Å². The SMILES string of the molecule is CCC(C)N(CC(=O)O)Cc1c(Br)c(C)nn1CC. The van der Waals surface area contributed by atoms with E-state index in [1.807, 2.05) is 23.4 Å². The van der Waals surface area contributed by atoms with Gasteiger partial charge in [-0.3, -0.25) is 14.4 Å². The van der Waals surface area contributed by atoms with Crippen molar-refractivity contribution in [2.45, 2.75) is 53.2 Å². The second kappa shape index (κ2) is 7.05. The predicted molar refractivity (Wildman–Crippen MR) is 78.1 cm³/mol. The van der Waals surface area contributed by atoms with Gasteiger partial charge in [0.2, 0.25) is 0 Å². The second-order valence-electron chi connectivity index (χ2n) is 4.72. The van der Waals surface area contributed by atoms with E-state index in [1.54, 1.807) is 0 Å². The zero-order valence-electron chi connectivity index (χ0n) is 12.0. The first-order valence-corrected chi connectivity index (χ1v) is 7.37. The van der Waals surface area contributed by atoms with Crippen molar-refractivity contribution in [3.8, 4) is 0 Å². The molecule has 0 radical (unpaired) electrons. The average molecular weight is 332 g/mol. The summed E-state index contributed by atoms with van der Waals surface area (Å²) in [6.07, 6.45) is 0.921. The number of aryl methyl sites for hydroxylation is 2. The van der Waals surface area contributed by atoms with Crippen molar-refractivity contribution in [1.82, 2.24) is 14.7 Å². The van der Waals surface area contributed by atoms with Gasteiger partial charge < -0.3 is 5.11 Å². The van der Waals surface area contributed by atoms with E-state index in [-0.39, 0.29) is 12.6 Å². The minimum atomic E-state index is -0.796. The van der Waals surface area contributed by atoms with Gasteiger partial charge in [0.15, 0.2) is 0 Å². The molecule has 108 valence electrons. The maximum Gasteiger partial charge on any atom is 0.317 e. The highest BCUT2D eigenvalue weighted by atomic mass is 79.9. The topological polar surface area (TPSA) is 58.4 Å². The Kier molecular flexibility index (Phi) is 6.00. The number of carboxylic acid groups (broad SMARTS) is 1. The molecule has 0 aromatic carbocycles. The zero-order valence-corrected chi connectivity index (χ0v) is 13.6. The van der Waals surface area contributed by atoms with E-state index < -0.39 is 5.97 Å². The van der Waals surface area contributed by atoms with Crippen molar-refractivity contribution in [3.05, 3.63) is 15.9 Å². The molecule has 1 rings (SSSR count). The van der Waals surface area contributed by atoms with Gasteiger partial charge in [0, 0.05) is 19.1 Å². The fourth-order valence-electron chi connectivity index (χ4n) is 2.01. The van der Waals surface area contributed by atoms with Crippen LogP contribution < -0.4 is 0 Å². The molecule has 19 heavy (non-hydrogen) atoms. The first-order valence-electron chi connectivity index (χ1n) is 6.58. The summed E-state index contributed by atoms with van der Waals surface area (Å²) < 4.78 is 2.91. The summed E-state index contributed by atoms with van der Waals surface area (Å²) in [6, 6.07) is 0.225. The summed E-state index contributed by atoms with van der Waals surface area (Å²) in [6.45, 7) is 9.53. The number of aliphatic carboxylic acids is 1. The maximum absolute atomic E-state index is 11.0. The van der Waals surface area contributed by atoms with Crippen LogP contribution in [0.3, 0.4) is 0 Å². The van der Waals surface area contributed by atoms with Crippen LogP contribution in [0.15, 0.2) is 4.47 Å². The summed E-state index contributed by atoms with van der Waals surface area (Å²) in [4.78, 5) is 13.0. The van der Waals surface area contributed by atoms with E-state index in [1.165, 1.54) is 0 Å². The van der Waals surface area contributed by atoms with Gasteiger partial charge in [-0.1, -0.05) is 6.92 Å². The normalized spacial score (nSPS) is 12.9. The molecule has 1 aromatic heterocycles. The van der Waals surface area contributed by atoms with Crippen LogP contribution in [0, 0.1) is 6.92 Å². The molecule has 5 nitrogen and oxygen atoms in total. The van der Waals surface area contributed by atoms with Crippen molar-refractivity contribution in [2.24, 2.45) is 0 Å². The zero-order chi connectivity index (χ0) is 14.6. The lowest BCUT2D eigenvalue weighted by atomic mass is 10.2. The molecule has 0 aliphatic carbocycles. The van der Waals surface area contributed by atoms with Crippen LogP contribution in [0.4, 0.5) is 0 Å². The van der Waals surface area contributed by atoms with Crippen molar-refractivity contribution in [1.29, 1.82) is 0 Å². The molecule has 0 spiro atoms. The highest BCUT2D eigenvalue weighted by molar-refractivity contribution is 9.10. The molecule has 1 aromatic rings. The van der Waals surface area contributed by atoms with Crippen LogP contribution in [0.1, 0.15) is 38.6 Å². The summed E-state index contributed by atoms with van der Waals surface area (Å²) in [7, 11) is 0. The molecular weight excluding hydrogens is 310 g/mol. The Morgan fingerprint density at radius 3 is 2.63 bits per heavy atom. The van der Waals surface area contributed by atoms with E-state index in [4.69, 9.17) is 5.11 Å². The first-order chi connectivity index (χ1) is 8.90. The Bertz CT molecular complexity index is 445. The quantitative estimate of drug-likeness (QED) is 0.834. The molecule has 0 bridgehead atoms. The summed E-state index contributed by atoms with van der Waals surface area (Å²) in [5.41, 5.74) is 1.98. The van der Waals surface area contributed by atoms with E-state index in [0.717, 1.165) is 28.8 Å². The standard InChI is InChI=1S/C13H22BrN3O2/c1-5-9(3)16(8-12(18)19)7-11-13(14)10(4)15-17(11)6-2/h9H,5-8H2,1-4H3,(H,18,19). The van der Waals surface area contributed by atoms with Gasteiger partial charge in [-0.25, -0.2) is 0 Å². The Balaban J connectivity index is 2.98. The molecule has 0 saturated carbocycles. The Labute approximate surface area is 122 Å². The monoisotopic (exact) mass is 331 g/mol. The van der Waals surface area contributed by atoms with Gasteiger partial charge in [0.25, 0.3) is 0 Å².